The van der Waals surface area contributed by atoms with Crippen molar-refractivity contribution in [1.82, 2.24) is 14.2 Å². The number of esters is 1. The number of carbonyl (C=O) groups excluding carboxylic acids is 2. The van der Waals surface area contributed by atoms with Crippen LogP contribution < -0.4 is 0 Å². The number of aromatic amines is 1. The van der Waals surface area contributed by atoms with Crippen molar-refractivity contribution in [3.63, 3.8) is 0 Å². The molecule has 0 radical (unpaired) electrons. The molecule has 1 aromatic heterocycles. The van der Waals surface area contributed by atoms with Gasteiger partial charge in [0.25, 0.3) is 5.91 Å². The average Bonchev–Trinajstić information content (AvgIpc) is 3.09. The van der Waals surface area contributed by atoms with Crippen LogP contribution in [0.4, 0.5) is 0 Å². The topological polar surface area (TPSA) is 99.8 Å². The fourth-order valence-corrected chi connectivity index (χ4v) is 4.99. The zero-order chi connectivity index (χ0) is 21.2. The van der Waals surface area contributed by atoms with E-state index in [0.29, 0.717) is 28.9 Å². The Labute approximate surface area is 170 Å². The summed E-state index contributed by atoms with van der Waals surface area (Å²) in [6, 6.07) is 8.27. The number of benzene rings is 1. The lowest BCUT2D eigenvalue weighted by Gasteiger charge is -2.34. The van der Waals surface area contributed by atoms with E-state index < -0.39 is 16.0 Å². The molecular formula is C20H25N3O5S. The van der Waals surface area contributed by atoms with Crippen molar-refractivity contribution < 1.29 is 22.7 Å². The van der Waals surface area contributed by atoms with E-state index in [4.69, 9.17) is 4.74 Å². The summed E-state index contributed by atoms with van der Waals surface area (Å²) >= 11 is 0. The molecule has 2 heterocycles. The van der Waals surface area contributed by atoms with Gasteiger partial charge in [0.15, 0.2) is 0 Å². The van der Waals surface area contributed by atoms with Crippen LogP contribution in [-0.2, 0) is 21.2 Å². The predicted molar refractivity (Wildman–Crippen MR) is 107 cm³/mol. The molecule has 2 aromatic rings. The van der Waals surface area contributed by atoms with Gasteiger partial charge in [0.2, 0.25) is 10.0 Å². The maximum absolute atomic E-state index is 13.0. The highest BCUT2D eigenvalue weighted by Gasteiger charge is 2.32. The van der Waals surface area contributed by atoms with E-state index in [0.717, 1.165) is 0 Å². The first-order valence-corrected chi connectivity index (χ1v) is 10.9. The Morgan fingerprint density at radius 1 is 1.10 bits per heavy atom. The standard InChI is InChI=1S/C20H25N3O5S/c1-4-16-17(20(25)28-3)14(2)18(21-16)19(24)22-10-12-23(13-11-22)29(26,27)15-8-6-5-7-9-15/h5-9,21H,4,10-13H2,1-3H3. The van der Waals surface area contributed by atoms with Gasteiger partial charge in [0.1, 0.15) is 5.69 Å². The minimum absolute atomic E-state index is 0.215. The average molecular weight is 420 g/mol. The lowest BCUT2D eigenvalue weighted by Crippen LogP contribution is -2.50. The van der Waals surface area contributed by atoms with Gasteiger partial charge in [-0.1, -0.05) is 25.1 Å². The first-order chi connectivity index (χ1) is 13.8. The van der Waals surface area contributed by atoms with Crippen molar-refractivity contribution in [3.8, 4) is 0 Å². The van der Waals surface area contributed by atoms with Crippen LogP contribution >= 0.6 is 0 Å². The highest BCUT2D eigenvalue weighted by atomic mass is 32.2. The SMILES string of the molecule is CCc1[nH]c(C(=O)N2CCN(S(=O)(=O)c3ccccc3)CC2)c(C)c1C(=O)OC. The first-order valence-electron chi connectivity index (χ1n) is 9.45. The number of hydrogen-bond acceptors (Lipinski definition) is 5. The molecule has 1 fully saturated rings. The molecule has 1 N–H and O–H groups in total. The van der Waals surface area contributed by atoms with E-state index in [-0.39, 0.29) is 37.0 Å². The molecule has 0 bridgehead atoms. The van der Waals surface area contributed by atoms with E-state index in [1.54, 1.807) is 42.2 Å². The summed E-state index contributed by atoms with van der Waals surface area (Å²) in [5.41, 5.74) is 1.95. The van der Waals surface area contributed by atoms with Crippen molar-refractivity contribution in [2.75, 3.05) is 33.3 Å². The number of H-pyrrole nitrogens is 1. The molecule has 0 spiro atoms. The number of nitrogens with one attached hydrogen (secondary N) is 1. The van der Waals surface area contributed by atoms with E-state index in [2.05, 4.69) is 4.98 Å². The maximum atomic E-state index is 13.0. The fourth-order valence-electron chi connectivity index (χ4n) is 3.55. The van der Waals surface area contributed by atoms with Gasteiger partial charge < -0.3 is 14.6 Å². The van der Waals surface area contributed by atoms with Crippen LogP contribution in [0.3, 0.4) is 0 Å². The summed E-state index contributed by atoms with van der Waals surface area (Å²) in [6.07, 6.45) is 0.557. The molecule has 1 aliphatic heterocycles. The van der Waals surface area contributed by atoms with E-state index >= 15 is 0 Å². The number of sulfonamides is 1. The number of ether oxygens (including phenoxy) is 1. The molecule has 1 aromatic carbocycles. The second-order valence-corrected chi connectivity index (χ2v) is 8.77. The molecule has 0 aliphatic carbocycles. The molecule has 0 unspecified atom stereocenters. The first kappa shape index (κ1) is 21.1. The summed E-state index contributed by atoms with van der Waals surface area (Å²) in [5, 5.41) is 0. The van der Waals surface area contributed by atoms with Crippen LogP contribution in [0.15, 0.2) is 35.2 Å². The number of piperazine rings is 1. The molecule has 3 rings (SSSR count). The van der Waals surface area contributed by atoms with Crippen molar-refractivity contribution in [3.05, 3.63) is 52.8 Å². The van der Waals surface area contributed by atoms with Gasteiger partial charge in [-0.25, -0.2) is 13.2 Å². The number of aryl methyl sites for hydroxylation is 1. The van der Waals surface area contributed by atoms with Crippen molar-refractivity contribution in [1.29, 1.82) is 0 Å². The molecule has 9 heteroatoms. The van der Waals surface area contributed by atoms with Crippen LogP contribution in [0.1, 0.15) is 39.0 Å². The molecule has 29 heavy (non-hydrogen) atoms. The van der Waals surface area contributed by atoms with Crippen LogP contribution in [0, 0.1) is 6.92 Å². The van der Waals surface area contributed by atoms with Gasteiger partial charge in [0.05, 0.1) is 17.6 Å². The second kappa shape index (κ2) is 8.38. The Balaban J connectivity index is 1.76. The lowest BCUT2D eigenvalue weighted by atomic mass is 10.1. The van der Waals surface area contributed by atoms with Gasteiger partial charge in [-0.15, -0.1) is 0 Å². The largest absolute Gasteiger partial charge is 0.465 e. The minimum atomic E-state index is -3.58. The van der Waals surface area contributed by atoms with Gasteiger partial charge in [-0.2, -0.15) is 4.31 Å². The maximum Gasteiger partial charge on any atom is 0.339 e. The third-order valence-corrected chi connectivity index (χ3v) is 7.10. The molecule has 0 atom stereocenters. The predicted octanol–water partition coefficient (Wildman–Crippen LogP) is 1.82. The third-order valence-electron chi connectivity index (χ3n) is 5.19. The number of amides is 1. The van der Waals surface area contributed by atoms with Gasteiger partial charge in [-0.3, -0.25) is 4.79 Å². The molecular weight excluding hydrogens is 394 g/mol. The van der Waals surface area contributed by atoms with E-state index in [1.807, 2.05) is 6.92 Å². The zero-order valence-electron chi connectivity index (χ0n) is 16.8. The summed E-state index contributed by atoms with van der Waals surface area (Å²) in [5.74, 6) is -0.725. The highest BCUT2D eigenvalue weighted by molar-refractivity contribution is 7.89. The number of hydrogen-bond donors (Lipinski definition) is 1. The van der Waals surface area contributed by atoms with Gasteiger partial charge in [0, 0.05) is 31.9 Å². The number of methoxy groups -OCH3 is 1. The van der Waals surface area contributed by atoms with Crippen LogP contribution in [0.25, 0.3) is 0 Å². The quantitative estimate of drug-likeness (QED) is 0.745. The van der Waals surface area contributed by atoms with Crippen LogP contribution in [-0.4, -0.2) is 67.8 Å². The summed E-state index contributed by atoms with van der Waals surface area (Å²) in [4.78, 5) is 30.0. The zero-order valence-corrected chi connectivity index (χ0v) is 17.6. The van der Waals surface area contributed by atoms with Crippen molar-refractivity contribution >= 4 is 21.9 Å². The second-order valence-electron chi connectivity index (χ2n) is 6.83. The molecule has 0 saturated carbocycles. The number of aromatic nitrogens is 1. The number of carbonyl (C=O) groups is 2. The van der Waals surface area contributed by atoms with E-state index in [9.17, 15) is 18.0 Å². The molecule has 8 nitrogen and oxygen atoms in total. The highest BCUT2D eigenvalue weighted by Crippen LogP contribution is 2.23. The Bertz CT molecular complexity index is 1010. The summed E-state index contributed by atoms with van der Waals surface area (Å²) < 4.78 is 31.7. The van der Waals surface area contributed by atoms with E-state index in [1.165, 1.54) is 11.4 Å². The monoisotopic (exact) mass is 419 g/mol. The number of nitrogens with zero attached hydrogens (tertiary/aromatic N) is 2. The van der Waals surface area contributed by atoms with Crippen molar-refractivity contribution in [2.45, 2.75) is 25.2 Å². The fraction of sp³-hybridized carbons (Fsp3) is 0.400. The summed E-state index contributed by atoms with van der Waals surface area (Å²) in [6.45, 7) is 4.58. The molecule has 1 saturated heterocycles. The normalized spacial score (nSPS) is 15.3. The van der Waals surface area contributed by atoms with Crippen molar-refractivity contribution in [2.24, 2.45) is 0 Å². The Kier molecular flexibility index (Phi) is 6.09. The van der Waals surface area contributed by atoms with Gasteiger partial charge >= 0.3 is 5.97 Å². The number of rotatable bonds is 5. The lowest BCUT2D eigenvalue weighted by molar-refractivity contribution is 0.0599. The van der Waals surface area contributed by atoms with Crippen LogP contribution in [0.2, 0.25) is 0 Å². The molecule has 1 amide bonds. The third kappa shape index (κ3) is 3.92. The van der Waals surface area contributed by atoms with Crippen LogP contribution in [0.5, 0.6) is 0 Å². The Morgan fingerprint density at radius 3 is 2.28 bits per heavy atom. The summed E-state index contributed by atoms with van der Waals surface area (Å²) in [7, 11) is -2.27. The Hall–Kier alpha value is -2.65. The minimum Gasteiger partial charge on any atom is -0.465 e. The Morgan fingerprint density at radius 2 is 1.72 bits per heavy atom. The smallest absolute Gasteiger partial charge is 0.339 e. The van der Waals surface area contributed by atoms with Gasteiger partial charge in [-0.05, 0) is 31.0 Å². The molecule has 156 valence electrons. The molecule has 1 aliphatic rings.